The van der Waals surface area contributed by atoms with Crippen molar-refractivity contribution in [1.29, 1.82) is 0 Å². The minimum atomic E-state index is -0.626. The molecule has 23 heavy (non-hydrogen) atoms. The van der Waals surface area contributed by atoms with Gasteiger partial charge in [0.1, 0.15) is 24.4 Å². The lowest BCUT2D eigenvalue weighted by Gasteiger charge is -2.12. The van der Waals surface area contributed by atoms with Gasteiger partial charge in [0, 0.05) is 12.1 Å². The molecule has 0 fully saturated rings. The Morgan fingerprint density at radius 1 is 1.13 bits per heavy atom. The molecule has 0 aliphatic rings. The zero-order valence-electron chi connectivity index (χ0n) is 13.0. The third-order valence-corrected chi connectivity index (χ3v) is 3.07. The first-order chi connectivity index (χ1) is 11.1. The molecule has 2 rings (SSSR count). The molecule has 0 spiro atoms. The minimum Gasteiger partial charge on any atom is -0.497 e. The molecular formula is C17H16FNO4. The average molecular weight is 317 g/mol. The van der Waals surface area contributed by atoms with Crippen LogP contribution >= 0.6 is 0 Å². The van der Waals surface area contributed by atoms with Crippen molar-refractivity contribution >= 4 is 11.7 Å². The van der Waals surface area contributed by atoms with Crippen molar-refractivity contribution in [1.82, 2.24) is 0 Å². The summed E-state index contributed by atoms with van der Waals surface area (Å²) in [7, 11) is 2.74. The molecule has 0 aliphatic carbocycles. The predicted molar refractivity (Wildman–Crippen MR) is 83.6 cm³/mol. The van der Waals surface area contributed by atoms with Crippen LogP contribution in [0.4, 0.5) is 4.39 Å². The van der Waals surface area contributed by atoms with Gasteiger partial charge in [-0.15, -0.1) is 0 Å². The van der Waals surface area contributed by atoms with Crippen molar-refractivity contribution in [2.24, 2.45) is 5.16 Å². The maximum absolute atomic E-state index is 14.3. The number of oxime groups is 1. The van der Waals surface area contributed by atoms with Crippen LogP contribution in [0.1, 0.15) is 22.8 Å². The monoisotopic (exact) mass is 317 g/mol. The fourth-order valence-corrected chi connectivity index (χ4v) is 2.02. The molecule has 0 heterocycles. The lowest BCUT2D eigenvalue weighted by atomic mass is 10.1. The Balaban J connectivity index is 2.45. The molecule has 0 amide bonds. The number of hydrogen-bond donors (Lipinski definition) is 0. The first kappa shape index (κ1) is 16.5. The van der Waals surface area contributed by atoms with Crippen LogP contribution in [-0.2, 0) is 4.84 Å². The van der Waals surface area contributed by atoms with Gasteiger partial charge in [-0.3, -0.25) is 0 Å². The molecule has 0 saturated carbocycles. The summed E-state index contributed by atoms with van der Waals surface area (Å²) in [6.07, 6.45) is 0. The highest BCUT2D eigenvalue weighted by Crippen LogP contribution is 2.29. The molecule has 6 heteroatoms. The van der Waals surface area contributed by atoms with Gasteiger partial charge in [-0.2, -0.15) is 0 Å². The number of benzene rings is 2. The number of nitrogens with zero attached hydrogens (tertiary/aromatic N) is 1. The molecule has 0 atom stereocenters. The van der Waals surface area contributed by atoms with Crippen molar-refractivity contribution in [3.8, 4) is 11.5 Å². The van der Waals surface area contributed by atoms with Gasteiger partial charge in [-0.05, 0) is 19.1 Å². The number of carbonyl (C=O) groups excluding carboxylic acids is 1. The van der Waals surface area contributed by atoms with E-state index in [2.05, 4.69) is 9.99 Å². The van der Waals surface area contributed by atoms with E-state index < -0.39 is 11.8 Å². The van der Waals surface area contributed by atoms with Crippen LogP contribution in [0, 0.1) is 5.82 Å². The number of hydrogen-bond acceptors (Lipinski definition) is 5. The Morgan fingerprint density at radius 3 is 2.43 bits per heavy atom. The number of rotatable bonds is 5. The summed E-state index contributed by atoms with van der Waals surface area (Å²) >= 11 is 0. The van der Waals surface area contributed by atoms with Crippen LogP contribution in [0.15, 0.2) is 47.6 Å². The van der Waals surface area contributed by atoms with Gasteiger partial charge in [-0.1, -0.05) is 23.4 Å². The molecule has 5 nitrogen and oxygen atoms in total. The second-order valence-corrected chi connectivity index (χ2v) is 4.60. The second-order valence-electron chi connectivity index (χ2n) is 4.60. The highest BCUT2D eigenvalue weighted by Gasteiger charge is 2.19. The molecule has 120 valence electrons. The summed E-state index contributed by atoms with van der Waals surface area (Å²) in [5.74, 6) is -0.996. The number of esters is 1. The third-order valence-electron chi connectivity index (χ3n) is 3.07. The van der Waals surface area contributed by atoms with Crippen molar-refractivity contribution in [3.05, 3.63) is 59.4 Å². The summed E-state index contributed by atoms with van der Waals surface area (Å²) in [6.45, 7) is 1.55. The number of methoxy groups -OCH3 is 1. The van der Waals surface area contributed by atoms with Crippen LogP contribution in [-0.4, -0.2) is 25.9 Å². The zero-order valence-corrected chi connectivity index (χ0v) is 13.0. The molecule has 0 radical (unpaired) electrons. The summed E-state index contributed by atoms with van der Waals surface area (Å²) in [5.41, 5.74) is 0.628. The van der Waals surface area contributed by atoms with E-state index >= 15 is 0 Å². The standard InChI is InChI=1S/C17H16FNO4/c1-11(19-22-3)16-14(18)9-13(21-2)10-15(16)23-17(20)12-7-5-4-6-8-12/h4-10H,1-3H3/b19-11+. The van der Waals surface area contributed by atoms with E-state index in [1.54, 1.807) is 37.3 Å². The number of halogens is 1. The SMILES string of the molecule is CO/N=C(\C)c1c(F)cc(OC)cc1OC(=O)c1ccccc1. The Bertz CT molecular complexity index is 729. The quantitative estimate of drug-likeness (QED) is 0.367. The fraction of sp³-hybridized carbons (Fsp3) is 0.176. The normalized spacial score (nSPS) is 11.0. The lowest BCUT2D eigenvalue weighted by Crippen LogP contribution is -2.12. The van der Waals surface area contributed by atoms with Gasteiger partial charge in [0.15, 0.2) is 0 Å². The Hall–Kier alpha value is -2.89. The highest BCUT2D eigenvalue weighted by atomic mass is 19.1. The molecule has 0 unspecified atom stereocenters. The maximum Gasteiger partial charge on any atom is 0.343 e. The minimum absolute atomic E-state index is 0.00834. The number of ether oxygens (including phenoxy) is 2. The average Bonchev–Trinajstić information content (AvgIpc) is 2.55. The fourth-order valence-electron chi connectivity index (χ4n) is 2.02. The maximum atomic E-state index is 14.3. The van der Waals surface area contributed by atoms with Crippen molar-refractivity contribution in [3.63, 3.8) is 0 Å². The van der Waals surface area contributed by atoms with Gasteiger partial charge in [0.25, 0.3) is 0 Å². The van der Waals surface area contributed by atoms with Crippen molar-refractivity contribution < 1.29 is 23.5 Å². The Morgan fingerprint density at radius 2 is 1.83 bits per heavy atom. The largest absolute Gasteiger partial charge is 0.497 e. The molecule has 0 aliphatic heterocycles. The molecular weight excluding hydrogens is 301 g/mol. The Kier molecular flexibility index (Phi) is 5.30. The first-order valence-corrected chi connectivity index (χ1v) is 6.79. The lowest BCUT2D eigenvalue weighted by molar-refractivity contribution is 0.0733. The van der Waals surface area contributed by atoms with E-state index in [0.717, 1.165) is 0 Å². The smallest absolute Gasteiger partial charge is 0.343 e. The molecule has 2 aromatic carbocycles. The highest BCUT2D eigenvalue weighted by molar-refractivity contribution is 6.02. The van der Waals surface area contributed by atoms with Crippen molar-refractivity contribution in [2.45, 2.75) is 6.92 Å². The molecule has 0 N–H and O–H groups in total. The van der Waals surface area contributed by atoms with Gasteiger partial charge < -0.3 is 14.3 Å². The summed E-state index contributed by atoms with van der Waals surface area (Å²) in [6, 6.07) is 11.0. The van der Waals surface area contributed by atoms with E-state index in [-0.39, 0.29) is 22.8 Å². The third kappa shape index (κ3) is 3.85. The Labute approximate surface area is 133 Å². The predicted octanol–water partition coefficient (Wildman–Crippen LogP) is 3.42. The topological polar surface area (TPSA) is 57.1 Å². The summed E-state index contributed by atoms with van der Waals surface area (Å²) in [4.78, 5) is 16.9. The van der Waals surface area contributed by atoms with Gasteiger partial charge in [-0.25, -0.2) is 9.18 Å². The second kappa shape index (κ2) is 7.40. The van der Waals surface area contributed by atoms with Crippen LogP contribution in [0.25, 0.3) is 0 Å². The van der Waals surface area contributed by atoms with E-state index in [0.29, 0.717) is 5.56 Å². The molecule has 0 saturated heterocycles. The summed E-state index contributed by atoms with van der Waals surface area (Å²) < 4.78 is 24.7. The molecule has 0 bridgehead atoms. The van der Waals surface area contributed by atoms with E-state index in [9.17, 15) is 9.18 Å². The summed E-state index contributed by atoms with van der Waals surface area (Å²) in [5, 5.41) is 3.70. The van der Waals surface area contributed by atoms with Crippen LogP contribution < -0.4 is 9.47 Å². The van der Waals surface area contributed by atoms with Gasteiger partial charge >= 0.3 is 5.97 Å². The molecule has 0 aromatic heterocycles. The molecule has 2 aromatic rings. The zero-order chi connectivity index (χ0) is 16.8. The van der Waals surface area contributed by atoms with E-state index in [4.69, 9.17) is 9.47 Å². The van der Waals surface area contributed by atoms with Crippen LogP contribution in [0.2, 0.25) is 0 Å². The van der Waals surface area contributed by atoms with Crippen molar-refractivity contribution in [2.75, 3.05) is 14.2 Å². The van der Waals surface area contributed by atoms with Crippen LogP contribution in [0.5, 0.6) is 11.5 Å². The van der Waals surface area contributed by atoms with Crippen LogP contribution in [0.3, 0.4) is 0 Å². The first-order valence-electron chi connectivity index (χ1n) is 6.79. The van der Waals surface area contributed by atoms with E-state index in [1.807, 2.05) is 0 Å². The number of carbonyl (C=O) groups is 1. The van der Waals surface area contributed by atoms with Gasteiger partial charge in [0.2, 0.25) is 0 Å². The van der Waals surface area contributed by atoms with E-state index in [1.165, 1.54) is 26.4 Å². The van der Waals surface area contributed by atoms with Gasteiger partial charge in [0.05, 0.1) is 23.9 Å².